The molecule has 1 amide bonds. The first-order chi connectivity index (χ1) is 8.96. The summed E-state index contributed by atoms with van der Waals surface area (Å²) < 4.78 is 37.0. The van der Waals surface area contributed by atoms with Crippen LogP contribution in [-0.4, -0.2) is 41.4 Å². The molecule has 1 aliphatic rings. The van der Waals surface area contributed by atoms with Crippen molar-refractivity contribution in [3.05, 3.63) is 17.5 Å². The van der Waals surface area contributed by atoms with Crippen molar-refractivity contribution in [2.45, 2.75) is 31.5 Å². The van der Waals surface area contributed by atoms with Crippen LogP contribution < -0.4 is 10.6 Å². The van der Waals surface area contributed by atoms with E-state index in [2.05, 4.69) is 20.8 Å². The summed E-state index contributed by atoms with van der Waals surface area (Å²) in [5.74, 6) is -0.549. The van der Waals surface area contributed by atoms with Gasteiger partial charge in [0.2, 0.25) is 0 Å². The maximum atomic E-state index is 12.3. The molecule has 0 aliphatic carbocycles. The maximum absolute atomic E-state index is 12.3. The number of hydrogen-bond donors (Lipinski definition) is 3. The highest BCUT2D eigenvalue weighted by Gasteiger charge is 2.31. The molecule has 0 unspecified atom stereocenters. The molecule has 2 rings (SSSR count). The third-order valence-corrected chi connectivity index (χ3v) is 3.00. The van der Waals surface area contributed by atoms with E-state index in [1.165, 1.54) is 0 Å². The Labute approximate surface area is 108 Å². The normalized spacial score (nSPS) is 17.4. The first kappa shape index (κ1) is 13.9. The van der Waals surface area contributed by atoms with Gasteiger partial charge in [-0.2, -0.15) is 18.3 Å². The first-order valence-corrected chi connectivity index (χ1v) is 6.07. The van der Waals surface area contributed by atoms with Gasteiger partial charge in [0, 0.05) is 17.8 Å². The summed E-state index contributed by atoms with van der Waals surface area (Å²) in [6.07, 6.45) is -2.85. The van der Waals surface area contributed by atoms with Gasteiger partial charge in [0.15, 0.2) is 5.69 Å². The van der Waals surface area contributed by atoms with Gasteiger partial charge in [-0.3, -0.25) is 9.89 Å². The van der Waals surface area contributed by atoms with Gasteiger partial charge in [0.05, 0.1) is 6.42 Å². The van der Waals surface area contributed by atoms with Crippen LogP contribution in [0.2, 0.25) is 0 Å². The Bertz CT molecular complexity index is 437. The van der Waals surface area contributed by atoms with Crippen molar-refractivity contribution in [1.29, 1.82) is 0 Å². The zero-order valence-electron chi connectivity index (χ0n) is 10.2. The van der Waals surface area contributed by atoms with Crippen LogP contribution in [0.1, 0.15) is 28.9 Å². The van der Waals surface area contributed by atoms with E-state index in [-0.39, 0.29) is 17.3 Å². The molecule has 106 valence electrons. The fourth-order valence-electron chi connectivity index (χ4n) is 2.08. The molecule has 1 fully saturated rings. The van der Waals surface area contributed by atoms with E-state index in [1.807, 2.05) is 0 Å². The monoisotopic (exact) mass is 276 g/mol. The number of amides is 1. The van der Waals surface area contributed by atoms with E-state index < -0.39 is 18.5 Å². The van der Waals surface area contributed by atoms with E-state index in [9.17, 15) is 18.0 Å². The summed E-state index contributed by atoms with van der Waals surface area (Å²) in [5.41, 5.74) is -0.296. The predicted molar refractivity (Wildman–Crippen MR) is 61.7 cm³/mol. The van der Waals surface area contributed by atoms with Gasteiger partial charge in [-0.15, -0.1) is 0 Å². The van der Waals surface area contributed by atoms with Crippen molar-refractivity contribution in [2.75, 3.05) is 13.1 Å². The molecule has 0 atom stereocenters. The Kier molecular flexibility index (Phi) is 4.08. The summed E-state index contributed by atoms with van der Waals surface area (Å²) in [6.45, 7) is 1.59. The number of carbonyl (C=O) groups is 1. The van der Waals surface area contributed by atoms with Crippen molar-refractivity contribution < 1.29 is 18.0 Å². The number of carbonyl (C=O) groups excluding carboxylic acids is 1. The quantitative estimate of drug-likeness (QED) is 0.771. The zero-order chi connectivity index (χ0) is 13.9. The summed E-state index contributed by atoms with van der Waals surface area (Å²) in [6, 6.07) is -0.0100. The van der Waals surface area contributed by atoms with Gasteiger partial charge in [0.1, 0.15) is 0 Å². The van der Waals surface area contributed by atoms with E-state index in [0.717, 1.165) is 32.1 Å². The number of nitrogens with zero attached hydrogens (tertiary/aromatic N) is 1. The Morgan fingerprint density at radius 3 is 2.74 bits per heavy atom. The van der Waals surface area contributed by atoms with Crippen LogP contribution in [0.25, 0.3) is 0 Å². The molecule has 0 radical (unpaired) electrons. The fraction of sp³-hybridized carbons (Fsp3) is 0.636. The van der Waals surface area contributed by atoms with Crippen molar-refractivity contribution in [2.24, 2.45) is 0 Å². The molecule has 1 aliphatic heterocycles. The summed E-state index contributed by atoms with van der Waals surface area (Å²) in [5, 5.41) is 11.8. The minimum atomic E-state index is -4.35. The van der Waals surface area contributed by atoms with Crippen LogP contribution in [0, 0.1) is 0 Å². The van der Waals surface area contributed by atoms with Crippen LogP contribution in [0.3, 0.4) is 0 Å². The summed E-state index contributed by atoms with van der Waals surface area (Å²) >= 11 is 0. The second-order valence-electron chi connectivity index (χ2n) is 4.55. The number of piperidine rings is 1. The smallest absolute Gasteiger partial charge is 0.348 e. The lowest BCUT2D eigenvalue weighted by molar-refractivity contribution is -0.127. The van der Waals surface area contributed by atoms with Gasteiger partial charge in [-0.25, -0.2) is 0 Å². The average Bonchev–Trinajstić information content (AvgIpc) is 2.76. The molecule has 1 aromatic rings. The topological polar surface area (TPSA) is 69.8 Å². The lowest BCUT2D eigenvalue weighted by Gasteiger charge is -2.23. The molecule has 2 heterocycles. The Morgan fingerprint density at radius 1 is 1.42 bits per heavy atom. The van der Waals surface area contributed by atoms with Crippen molar-refractivity contribution in [3.8, 4) is 0 Å². The second kappa shape index (κ2) is 5.60. The van der Waals surface area contributed by atoms with Crippen LogP contribution in [0.4, 0.5) is 13.2 Å². The van der Waals surface area contributed by atoms with Crippen LogP contribution in [0.5, 0.6) is 0 Å². The summed E-state index contributed by atoms with van der Waals surface area (Å²) in [4.78, 5) is 11.9. The zero-order valence-corrected chi connectivity index (χ0v) is 10.2. The number of alkyl halides is 3. The third-order valence-electron chi connectivity index (χ3n) is 3.00. The van der Waals surface area contributed by atoms with Gasteiger partial charge in [-0.1, -0.05) is 0 Å². The molecule has 1 aromatic heterocycles. The number of halogens is 3. The van der Waals surface area contributed by atoms with E-state index in [4.69, 9.17) is 0 Å². The lowest BCUT2D eigenvalue weighted by Crippen LogP contribution is -2.43. The Morgan fingerprint density at radius 2 is 2.11 bits per heavy atom. The van der Waals surface area contributed by atoms with Crippen LogP contribution >= 0.6 is 0 Å². The molecule has 0 spiro atoms. The Hall–Kier alpha value is -1.57. The highest BCUT2D eigenvalue weighted by molar-refractivity contribution is 5.93. The van der Waals surface area contributed by atoms with E-state index in [0.29, 0.717) is 0 Å². The van der Waals surface area contributed by atoms with Crippen LogP contribution in [-0.2, 0) is 6.42 Å². The predicted octanol–water partition coefficient (Wildman–Crippen LogP) is 0.996. The molecule has 8 heteroatoms. The minimum absolute atomic E-state index is 0.0100. The number of aromatic amines is 1. The molecule has 0 aromatic carbocycles. The molecule has 3 N–H and O–H groups in total. The number of rotatable bonds is 3. The van der Waals surface area contributed by atoms with Crippen molar-refractivity contribution >= 4 is 5.91 Å². The highest BCUT2D eigenvalue weighted by atomic mass is 19.4. The number of hydrogen-bond acceptors (Lipinski definition) is 3. The van der Waals surface area contributed by atoms with E-state index in [1.54, 1.807) is 0 Å². The summed E-state index contributed by atoms with van der Waals surface area (Å²) in [7, 11) is 0. The van der Waals surface area contributed by atoms with Gasteiger partial charge in [-0.05, 0) is 25.9 Å². The molecule has 1 saturated heterocycles. The standard InChI is InChI=1S/C11H15F3N4O/c12-11(13,14)5-7-6-16-18-9(7)10(19)17-8-1-3-15-4-2-8/h6,8,15H,1-5H2,(H,16,18)(H,17,19). The first-order valence-electron chi connectivity index (χ1n) is 6.07. The molecular formula is C11H15F3N4O. The minimum Gasteiger partial charge on any atom is -0.348 e. The largest absolute Gasteiger partial charge is 0.393 e. The molecular weight excluding hydrogens is 261 g/mol. The number of aromatic nitrogens is 2. The van der Waals surface area contributed by atoms with Crippen molar-refractivity contribution in [3.63, 3.8) is 0 Å². The molecule has 5 nitrogen and oxygen atoms in total. The number of nitrogens with one attached hydrogen (secondary N) is 3. The molecule has 0 saturated carbocycles. The van der Waals surface area contributed by atoms with Gasteiger partial charge in [0.25, 0.3) is 5.91 Å². The Balaban J connectivity index is 2.00. The van der Waals surface area contributed by atoms with Gasteiger partial charge >= 0.3 is 6.18 Å². The lowest BCUT2D eigenvalue weighted by atomic mass is 10.1. The fourth-order valence-corrected chi connectivity index (χ4v) is 2.08. The maximum Gasteiger partial charge on any atom is 0.393 e. The third kappa shape index (κ3) is 3.95. The highest BCUT2D eigenvalue weighted by Crippen LogP contribution is 2.22. The second-order valence-corrected chi connectivity index (χ2v) is 4.55. The van der Waals surface area contributed by atoms with Gasteiger partial charge < -0.3 is 10.6 Å². The molecule has 0 bridgehead atoms. The molecule has 19 heavy (non-hydrogen) atoms. The average molecular weight is 276 g/mol. The van der Waals surface area contributed by atoms with Crippen LogP contribution in [0.15, 0.2) is 6.20 Å². The number of H-pyrrole nitrogens is 1. The SMILES string of the molecule is O=C(NC1CCNCC1)c1n[nH]cc1CC(F)(F)F. The van der Waals surface area contributed by atoms with E-state index >= 15 is 0 Å². The van der Waals surface area contributed by atoms with Crippen molar-refractivity contribution in [1.82, 2.24) is 20.8 Å².